The molecule has 94 valence electrons. The minimum Gasteiger partial charge on any atom is -0.480 e. The highest BCUT2D eigenvalue weighted by atomic mass is 16.4. The average molecular weight is 228 g/mol. The zero-order valence-electron chi connectivity index (χ0n) is 10.6. The van der Waals surface area contributed by atoms with Gasteiger partial charge in [0.15, 0.2) is 0 Å². The van der Waals surface area contributed by atoms with Crippen LogP contribution in [0.1, 0.15) is 26.2 Å². The number of carbonyl (C=O) groups is 1. The lowest BCUT2D eigenvalue weighted by Gasteiger charge is -2.37. The normalized spacial score (nSPS) is 27.2. The van der Waals surface area contributed by atoms with Crippen LogP contribution < -0.4 is 0 Å². The highest BCUT2D eigenvalue weighted by Crippen LogP contribution is 2.23. The van der Waals surface area contributed by atoms with E-state index in [4.69, 9.17) is 0 Å². The number of likely N-dealkylation sites (tertiary alicyclic amines) is 1. The smallest absolute Gasteiger partial charge is 0.321 e. The molecule has 1 N–H and O–H groups in total. The molecule has 1 saturated heterocycles. The van der Waals surface area contributed by atoms with E-state index in [0.29, 0.717) is 0 Å². The molecule has 1 fully saturated rings. The van der Waals surface area contributed by atoms with Gasteiger partial charge >= 0.3 is 5.97 Å². The van der Waals surface area contributed by atoms with Crippen LogP contribution in [0.5, 0.6) is 0 Å². The van der Waals surface area contributed by atoms with Crippen molar-refractivity contribution in [3.8, 4) is 0 Å². The molecule has 0 aliphatic carbocycles. The summed E-state index contributed by atoms with van der Waals surface area (Å²) in [6.07, 6.45) is 3.22. The molecule has 0 aromatic rings. The lowest BCUT2D eigenvalue weighted by molar-refractivity contribution is -0.146. The number of carboxylic acid groups (broad SMARTS) is 1. The van der Waals surface area contributed by atoms with Gasteiger partial charge in [-0.15, -0.1) is 0 Å². The Balaban J connectivity index is 2.45. The summed E-state index contributed by atoms with van der Waals surface area (Å²) in [5, 5.41) is 9.24. The van der Waals surface area contributed by atoms with Crippen molar-refractivity contribution < 1.29 is 9.90 Å². The zero-order valence-corrected chi connectivity index (χ0v) is 10.6. The number of rotatable bonds is 5. The minimum atomic E-state index is -0.656. The number of carboxylic acids is 1. The van der Waals surface area contributed by atoms with Gasteiger partial charge in [-0.25, -0.2) is 0 Å². The molecule has 1 aliphatic heterocycles. The summed E-state index contributed by atoms with van der Waals surface area (Å²) in [6, 6.07) is -0.268. The van der Waals surface area contributed by atoms with Crippen molar-refractivity contribution in [2.75, 3.05) is 33.7 Å². The van der Waals surface area contributed by atoms with E-state index in [9.17, 15) is 9.90 Å². The minimum absolute atomic E-state index is 0.268. The molecule has 4 heteroatoms. The number of aliphatic carboxylic acids is 1. The summed E-state index contributed by atoms with van der Waals surface area (Å²) in [4.78, 5) is 15.5. The van der Waals surface area contributed by atoms with Crippen LogP contribution in [0.25, 0.3) is 0 Å². The van der Waals surface area contributed by atoms with Gasteiger partial charge < -0.3 is 10.0 Å². The Kier molecular flexibility index (Phi) is 5.22. The standard InChI is InChI=1S/C12H24N2O2/c1-10-6-4-8-14(11(10)12(15)16)9-5-7-13(2)3/h10-11H,4-9H2,1-3H3,(H,15,16). The fraction of sp³-hybridized carbons (Fsp3) is 0.917. The number of hydrogen-bond acceptors (Lipinski definition) is 3. The number of nitrogens with zero attached hydrogens (tertiary/aromatic N) is 2. The van der Waals surface area contributed by atoms with Crippen molar-refractivity contribution in [3.05, 3.63) is 0 Å². The van der Waals surface area contributed by atoms with Crippen molar-refractivity contribution in [3.63, 3.8) is 0 Å². The van der Waals surface area contributed by atoms with E-state index in [2.05, 4.69) is 16.7 Å². The highest BCUT2D eigenvalue weighted by molar-refractivity contribution is 5.74. The molecule has 2 atom stereocenters. The van der Waals surface area contributed by atoms with E-state index in [0.717, 1.165) is 38.9 Å². The fourth-order valence-electron chi connectivity index (χ4n) is 2.51. The molecule has 0 bridgehead atoms. The lowest BCUT2D eigenvalue weighted by atomic mass is 9.90. The predicted octanol–water partition coefficient (Wildman–Crippen LogP) is 1.12. The van der Waals surface area contributed by atoms with E-state index in [1.807, 2.05) is 14.1 Å². The Morgan fingerprint density at radius 2 is 2.19 bits per heavy atom. The fourth-order valence-corrected chi connectivity index (χ4v) is 2.51. The maximum Gasteiger partial charge on any atom is 0.321 e. The van der Waals surface area contributed by atoms with Gasteiger partial charge in [-0.05, 0) is 52.4 Å². The van der Waals surface area contributed by atoms with Crippen LogP contribution in [0.15, 0.2) is 0 Å². The van der Waals surface area contributed by atoms with Crippen LogP contribution in [-0.2, 0) is 4.79 Å². The van der Waals surface area contributed by atoms with Crippen LogP contribution in [0.2, 0.25) is 0 Å². The zero-order chi connectivity index (χ0) is 12.1. The molecule has 2 unspecified atom stereocenters. The molecule has 0 amide bonds. The topological polar surface area (TPSA) is 43.8 Å². The van der Waals surface area contributed by atoms with E-state index >= 15 is 0 Å². The SMILES string of the molecule is CC1CCCN(CCCN(C)C)C1C(=O)O. The monoisotopic (exact) mass is 228 g/mol. The van der Waals surface area contributed by atoms with Gasteiger partial charge in [0.25, 0.3) is 0 Å². The number of hydrogen-bond donors (Lipinski definition) is 1. The van der Waals surface area contributed by atoms with E-state index in [-0.39, 0.29) is 12.0 Å². The van der Waals surface area contributed by atoms with Crippen LogP contribution in [0, 0.1) is 5.92 Å². The number of piperidine rings is 1. The van der Waals surface area contributed by atoms with Gasteiger partial charge in [0, 0.05) is 6.54 Å². The molecular weight excluding hydrogens is 204 g/mol. The quantitative estimate of drug-likeness (QED) is 0.766. The summed E-state index contributed by atoms with van der Waals surface area (Å²) >= 11 is 0. The third-order valence-corrected chi connectivity index (χ3v) is 3.34. The molecule has 1 rings (SSSR count). The van der Waals surface area contributed by atoms with E-state index in [1.165, 1.54) is 0 Å². The molecule has 0 spiro atoms. The maximum absolute atomic E-state index is 11.2. The molecule has 1 heterocycles. The van der Waals surface area contributed by atoms with Crippen LogP contribution in [0.4, 0.5) is 0 Å². The molecule has 0 aromatic carbocycles. The second kappa shape index (κ2) is 6.21. The van der Waals surface area contributed by atoms with Crippen molar-refractivity contribution in [1.29, 1.82) is 0 Å². The lowest BCUT2D eigenvalue weighted by Crippen LogP contribution is -2.49. The first-order chi connectivity index (χ1) is 7.52. The molecule has 1 aliphatic rings. The second-order valence-electron chi connectivity index (χ2n) is 5.10. The largest absolute Gasteiger partial charge is 0.480 e. The second-order valence-corrected chi connectivity index (χ2v) is 5.10. The van der Waals surface area contributed by atoms with Crippen molar-refractivity contribution in [2.24, 2.45) is 5.92 Å². The summed E-state index contributed by atoms with van der Waals surface area (Å²) < 4.78 is 0. The Morgan fingerprint density at radius 3 is 2.75 bits per heavy atom. The van der Waals surface area contributed by atoms with Gasteiger partial charge in [0.1, 0.15) is 6.04 Å². The van der Waals surface area contributed by atoms with Crippen molar-refractivity contribution >= 4 is 5.97 Å². The summed E-state index contributed by atoms with van der Waals surface area (Å²) in [5.41, 5.74) is 0. The van der Waals surface area contributed by atoms with Gasteiger partial charge in [-0.2, -0.15) is 0 Å². The van der Waals surface area contributed by atoms with Gasteiger partial charge in [0.05, 0.1) is 0 Å². The maximum atomic E-state index is 11.2. The summed E-state index contributed by atoms with van der Waals surface area (Å²) in [6.45, 7) is 4.92. The Morgan fingerprint density at radius 1 is 1.50 bits per heavy atom. The van der Waals surface area contributed by atoms with Gasteiger partial charge in [-0.1, -0.05) is 6.92 Å². The molecule has 16 heavy (non-hydrogen) atoms. The first kappa shape index (κ1) is 13.5. The van der Waals surface area contributed by atoms with E-state index in [1.54, 1.807) is 0 Å². The van der Waals surface area contributed by atoms with Crippen LogP contribution in [-0.4, -0.2) is 60.6 Å². The predicted molar refractivity (Wildman–Crippen MR) is 64.6 cm³/mol. The Labute approximate surface area is 98.2 Å². The highest BCUT2D eigenvalue weighted by Gasteiger charge is 2.33. The first-order valence-corrected chi connectivity index (χ1v) is 6.14. The molecular formula is C12H24N2O2. The van der Waals surface area contributed by atoms with Crippen LogP contribution in [0.3, 0.4) is 0 Å². The summed E-state index contributed by atoms with van der Waals surface area (Å²) in [7, 11) is 4.10. The average Bonchev–Trinajstić information content (AvgIpc) is 2.16. The molecule has 4 nitrogen and oxygen atoms in total. The first-order valence-electron chi connectivity index (χ1n) is 6.14. The van der Waals surface area contributed by atoms with Crippen molar-refractivity contribution in [1.82, 2.24) is 9.80 Å². The third kappa shape index (κ3) is 3.76. The van der Waals surface area contributed by atoms with Gasteiger partial charge in [0.2, 0.25) is 0 Å². The van der Waals surface area contributed by atoms with Crippen LogP contribution >= 0.6 is 0 Å². The third-order valence-electron chi connectivity index (χ3n) is 3.34. The molecule has 0 radical (unpaired) electrons. The Bertz CT molecular complexity index is 231. The van der Waals surface area contributed by atoms with E-state index < -0.39 is 5.97 Å². The van der Waals surface area contributed by atoms with Gasteiger partial charge in [-0.3, -0.25) is 9.69 Å². The Hall–Kier alpha value is -0.610. The molecule has 0 aromatic heterocycles. The molecule has 0 saturated carbocycles. The van der Waals surface area contributed by atoms with Crippen molar-refractivity contribution in [2.45, 2.75) is 32.2 Å². The summed E-state index contributed by atoms with van der Waals surface area (Å²) in [5.74, 6) is -0.373.